The Morgan fingerprint density at radius 1 is 1.35 bits per heavy atom. The van der Waals surface area contributed by atoms with Crippen LogP contribution >= 0.6 is 0 Å². The van der Waals surface area contributed by atoms with Gasteiger partial charge in [0, 0.05) is 6.54 Å². The fourth-order valence-electron chi connectivity index (χ4n) is 2.82. The number of piperazine rings is 1. The summed E-state index contributed by atoms with van der Waals surface area (Å²) in [6, 6.07) is 0. The molecule has 0 aromatic heterocycles. The number of rotatable bonds is 2. The fraction of sp³-hybridized carbons (Fsp3) is 0.692. The second-order valence-corrected chi connectivity index (χ2v) is 5.51. The molecule has 1 aliphatic carbocycles. The van der Waals surface area contributed by atoms with Crippen LogP contribution in [0.5, 0.6) is 0 Å². The van der Waals surface area contributed by atoms with Crippen molar-refractivity contribution >= 4 is 11.8 Å². The maximum absolute atomic E-state index is 12.6. The number of carbonyl (C=O) groups is 2. The minimum atomic E-state index is -0.779. The lowest BCUT2D eigenvalue weighted by Crippen LogP contribution is -2.73. The van der Waals surface area contributed by atoms with Crippen LogP contribution in [0.4, 0.5) is 0 Å². The quantitative estimate of drug-likeness (QED) is 0.733. The smallest absolute Gasteiger partial charge is 0.249 e. The van der Waals surface area contributed by atoms with Crippen LogP contribution in [0.25, 0.3) is 0 Å². The van der Waals surface area contributed by atoms with Crippen molar-refractivity contribution in [2.24, 2.45) is 0 Å². The average molecular weight is 236 g/mol. The Morgan fingerprint density at radius 2 is 1.94 bits per heavy atom. The fourth-order valence-corrected chi connectivity index (χ4v) is 2.82. The molecule has 0 atom stereocenters. The molecule has 1 saturated carbocycles. The third kappa shape index (κ3) is 1.66. The molecule has 0 bridgehead atoms. The number of nitrogens with zero attached hydrogens (tertiary/aromatic N) is 1. The van der Waals surface area contributed by atoms with E-state index in [1.54, 1.807) is 24.8 Å². The zero-order chi connectivity index (χ0) is 12.7. The van der Waals surface area contributed by atoms with E-state index in [0.717, 1.165) is 25.7 Å². The van der Waals surface area contributed by atoms with Crippen LogP contribution in [-0.4, -0.2) is 34.3 Å². The third-order valence-corrected chi connectivity index (χ3v) is 4.01. The predicted molar refractivity (Wildman–Crippen MR) is 65.3 cm³/mol. The van der Waals surface area contributed by atoms with E-state index in [9.17, 15) is 9.59 Å². The molecule has 2 rings (SSSR count). The molecule has 1 aliphatic heterocycles. The second-order valence-electron chi connectivity index (χ2n) is 5.51. The maximum Gasteiger partial charge on any atom is 0.249 e. The molecule has 1 spiro atoms. The first-order valence-electron chi connectivity index (χ1n) is 6.20. The summed E-state index contributed by atoms with van der Waals surface area (Å²) in [6.07, 6.45) is 5.23. The molecule has 4 nitrogen and oxygen atoms in total. The van der Waals surface area contributed by atoms with Gasteiger partial charge in [-0.05, 0) is 26.7 Å². The lowest BCUT2D eigenvalue weighted by molar-refractivity contribution is -0.160. The average Bonchev–Trinajstić information content (AvgIpc) is 2.72. The normalized spacial score (nSPS) is 26.1. The molecule has 0 radical (unpaired) electrons. The Balaban J connectivity index is 2.36. The van der Waals surface area contributed by atoms with Crippen molar-refractivity contribution < 1.29 is 9.59 Å². The molecule has 0 unspecified atom stereocenters. The molecular weight excluding hydrogens is 216 g/mol. The van der Waals surface area contributed by atoms with Crippen LogP contribution in [0, 0.1) is 0 Å². The lowest BCUT2D eigenvalue weighted by Gasteiger charge is -2.48. The summed E-state index contributed by atoms with van der Waals surface area (Å²) >= 11 is 0. The minimum Gasteiger partial charge on any atom is -0.340 e. The van der Waals surface area contributed by atoms with Crippen molar-refractivity contribution in [1.29, 1.82) is 0 Å². The molecule has 4 heteroatoms. The summed E-state index contributed by atoms with van der Waals surface area (Å²) in [5.41, 5.74) is -1.41. The number of hydrogen-bond donors (Lipinski definition) is 1. The summed E-state index contributed by atoms with van der Waals surface area (Å²) < 4.78 is 0. The molecule has 94 valence electrons. The second kappa shape index (κ2) is 3.86. The van der Waals surface area contributed by atoms with E-state index < -0.39 is 11.1 Å². The lowest BCUT2D eigenvalue weighted by atomic mass is 9.86. The van der Waals surface area contributed by atoms with Gasteiger partial charge in [0.05, 0.1) is 0 Å². The first kappa shape index (κ1) is 12.1. The summed E-state index contributed by atoms with van der Waals surface area (Å²) in [4.78, 5) is 26.4. The maximum atomic E-state index is 12.6. The SMILES string of the molecule is C=CCN1C(=O)C2(CCCC2)NC(=O)C1(C)C. The monoisotopic (exact) mass is 236 g/mol. The van der Waals surface area contributed by atoms with Crippen LogP contribution in [-0.2, 0) is 9.59 Å². The Labute approximate surface area is 102 Å². The van der Waals surface area contributed by atoms with Gasteiger partial charge in [-0.15, -0.1) is 6.58 Å². The largest absolute Gasteiger partial charge is 0.340 e. The van der Waals surface area contributed by atoms with Crippen molar-refractivity contribution in [3.63, 3.8) is 0 Å². The highest BCUT2D eigenvalue weighted by Crippen LogP contribution is 2.37. The molecule has 0 aromatic carbocycles. The van der Waals surface area contributed by atoms with Gasteiger partial charge < -0.3 is 10.2 Å². The van der Waals surface area contributed by atoms with Gasteiger partial charge in [-0.2, -0.15) is 0 Å². The van der Waals surface area contributed by atoms with Gasteiger partial charge in [0.2, 0.25) is 11.8 Å². The van der Waals surface area contributed by atoms with Gasteiger partial charge in [0.25, 0.3) is 0 Å². The highest BCUT2D eigenvalue weighted by Gasteiger charge is 2.54. The molecule has 0 aromatic rings. The Bertz CT molecular complexity index is 368. The van der Waals surface area contributed by atoms with Crippen molar-refractivity contribution in [3.05, 3.63) is 12.7 Å². The van der Waals surface area contributed by atoms with Gasteiger partial charge in [-0.3, -0.25) is 9.59 Å². The molecule has 1 N–H and O–H groups in total. The van der Waals surface area contributed by atoms with E-state index in [0.29, 0.717) is 6.54 Å². The predicted octanol–water partition coefficient (Wildman–Crippen LogP) is 1.22. The molecule has 17 heavy (non-hydrogen) atoms. The number of hydrogen-bond acceptors (Lipinski definition) is 2. The van der Waals surface area contributed by atoms with Gasteiger partial charge in [0.15, 0.2) is 0 Å². The van der Waals surface area contributed by atoms with Crippen molar-refractivity contribution in [3.8, 4) is 0 Å². The Kier molecular flexibility index (Phi) is 2.76. The van der Waals surface area contributed by atoms with E-state index in [-0.39, 0.29) is 11.8 Å². The van der Waals surface area contributed by atoms with E-state index in [1.165, 1.54) is 0 Å². The van der Waals surface area contributed by atoms with Gasteiger partial charge in [-0.25, -0.2) is 0 Å². The highest BCUT2D eigenvalue weighted by molar-refractivity contribution is 6.02. The van der Waals surface area contributed by atoms with Crippen molar-refractivity contribution in [2.45, 2.75) is 50.6 Å². The molecule has 2 aliphatic rings. The number of carbonyl (C=O) groups excluding carboxylic acids is 2. The van der Waals surface area contributed by atoms with Gasteiger partial charge in [-0.1, -0.05) is 18.9 Å². The van der Waals surface area contributed by atoms with Crippen molar-refractivity contribution in [2.75, 3.05) is 6.54 Å². The molecular formula is C13H20N2O2. The zero-order valence-electron chi connectivity index (χ0n) is 10.6. The zero-order valence-corrected chi connectivity index (χ0v) is 10.6. The summed E-state index contributed by atoms with van der Waals surface area (Å²) in [5, 5.41) is 2.96. The number of amides is 2. The minimum absolute atomic E-state index is 0.0548. The van der Waals surface area contributed by atoms with Crippen LogP contribution in [0.1, 0.15) is 39.5 Å². The number of nitrogens with one attached hydrogen (secondary N) is 1. The summed E-state index contributed by atoms with van der Waals surface area (Å²) in [7, 11) is 0. The van der Waals surface area contributed by atoms with E-state index in [2.05, 4.69) is 11.9 Å². The van der Waals surface area contributed by atoms with E-state index in [4.69, 9.17) is 0 Å². The first-order valence-corrected chi connectivity index (χ1v) is 6.20. The molecule has 2 amide bonds. The highest BCUT2D eigenvalue weighted by atomic mass is 16.2. The molecule has 2 fully saturated rings. The van der Waals surface area contributed by atoms with E-state index in [1.807, 2.05) is 0 Å². The first-order chi connectivity index (χ1) is 7.94. The molecule has 1 heterocycles. The van der Waals surface area contributed by atoms with Crippen LogP contribution in [0.15, 0.2) is 12.7 Å². The standard InChI is InChI=1S/C13H20N2O2/c1-4-9-15-11(17)13(7-5-6-8-13)14-10(16)12(15,2)3/h4H,1,5-9H2,2-3H3,(H,14,16). The summed E-state index contributed by atoms with van der Waals surface area (Å²) in [5.74, 6) is 0.000324. The van der Waals surface area contributed by atoms with Crippen LogP contribution in [0.2, 0.25) is 0 Å². The Morgan fingerprint density at radius 3 is 2.47 bits per heavy atom. The third-order valence-electron chi connectivity index (χ3n) is 4.01. The van der Waals surface area contributed by atoms with Gasteiger partial charge in [0.1, 0.15) is 11.1 Å². The topological polar surface area (TPSA) is 49.4 Å². The Hall–Kier alpha value is -1.32. The van der Waals surface area contributed by atoms with Crippen LogP contribution in [0.3, 0.4) is 0 Å². The van der Waals surface area contributed by atoms with E-state index >= 15 is 0 Å². The van der Waals surface area contributed by atoms with Crippen molar-refractivity contribution in [1.82, 2.24) is 10.2 Å². The van der Waals surface area contributed by atoms with Gasteiger partial charge >= 0.3 is 0 Å². The molecule has 1 saturated heterocycles. The summed E-state index contributed by atoms with van der Waals surface area (Å²) in [6.45, 7) is 7.67. The van der Waals surface area contributed by atoms with Crippen LogP contribution < -0.4 is 5.32 Å².